The van der Waals surface area contributed by atoms with Crippen LogP contribution in [0.5, 0.6) is 11.6 Å². The molecule has 1 heterocycles. The zero-order valence-electron chi connectivity index (χ0n) is 12.4. The molecule has 3 aromatic rings. The van der Waals surface area contributed by atoms with Crippen molar-refractivity contribution in [2.45, 2.75) is 0 Å². The minimum Gasteiger partial charge on any atom is -0.439 e. The van der Waals surface area contributed by atoms with Crippen molar-refractivity contribution < 1.29 is 18.3 Å². The van der Waals surface area contributed by atoms with Crippen LogP contribution in [0, 0.1) is 11.6 Å². The predicted molar refractivity (Wildman–Crippen MR) is 85.1 cm³/mol. The van der Waals surface area contributed by atoms with Gasteiger partial charge in [-0.05, 0) is 30.3 Å². The van der Waals surface area contributed by atoms with E-state index in [1.165, 1.54) is 6.07 Å². The minimum atomic E-state index is -0.861. The van der Waals surface area contributed by atoms with E-state index in [1.54, 1.807) is 24.3 Å². The van der Waals surface area contributed by atoms with Crippen molar-refractivity contribution >= 4 is 11.6 Å². The molecule has 0 spiro atoms. The van der Waals surface area contributed by atoms with Gasteiger partial charge in [0.15, 0.2) is 0 Å². The monoisotopic (exact) mass is 326 g/mol. The normalized spacial score (nSPS) is 10.2. The summed E-state index contributed by atoms with van der Waals surface area (Å²) in [7, 11) is 0. The number of halogens is 2. The van der Waals surface area contributed by atoms with Crippen molar-refractivity contribution in [3.63, 3.8) is 0 Å². The van der Waals surface area contributed by atoms with Crippen molar-refractivity contribution in [3.05, 3.63) is 84.1 Å². The summed E-state index contributed by atoms with van der Waals surface area (Å²) in [5.74, 6) is -1.40. The molecule has 4 nitrogen and oxygen atoms in total. The highest BCUT2D eigenvalue weighted by atomic mass is 19.1. The van der Waals surface area contributed by atoms with Gasteiger partial charge in [-0.1, -0.05) is 24.3 Å². The number of amides is 1. The summed E-state index contributed by atoms with van der Waals surface area (Å²) in [5, 5.41) is 2.35. The first-order valence-corrected chi connectivity index (χ1v) is 7.08. The molecule has 3 rings (SSSR count). The van der Waals surface area contributed by atoms with Crippen LogP contribution in [0.1, 0.15) is 10.5 Å². The first kappa shape index (κ1) is 15.6. The zero-order chi connectivity index (χ0) is 16.9. The van der Waals surface area contributed by atoms with E-state index < -0.39 is 17.5 Å². The maximum atomic E-state index is 13.6. The smallest absolute Gasteiger partial charge is 0.274 e. The SMILES string of the molecule is O=C(Nc1ccc(F)cc1F)c1cccc(Oc2ccccc2)n1. The molecule has 0 aliphatic rings. The Kier molecular flexibility index (Phi) is 4.47. The van der Waals surface area contributed by atoms with Gasteiger partial charge in [0.1, 0.15) is 23.1 Å². The number of nitrogens with one attached hydrogen (secondary N) is 1. The van der Waals surface area contributed by atoms with Gasteiger partial charge in [0.25, 0.3) is 5.91 Å². The number of hydrogen-bond donors (Lipinski definition) is 1. The fourth-order valence-corrected chi connectivity index (χ4v) is 1.98. The maximum absolute atomic E-state index is 13.6. The van der Waals surface area contributed by atoms with Gasteiger partial charge in [-0.2, -0.15) is 0 Å². The molecule has 0 radical (unpaired) electrons. The summed E-state index contributed by atoms with van der Waals surface area (Å²) < 4.78 is 32.0. The molecule has 0 aliphatic heterocycles. The number of carbonyl (C=O) groups excluding carboxylic acids is 1. The van der Waals surface area contributed by atoms with Gasteiger partial charge >= 0.3 is 0 Å². The highest BCUT2D eigenvalue weighted by Gasteiger charge is 2.12. The van der Waals surface area contributed by atoms with Crippen LogP contribution in [-0.4, -0.2) is 10.9 Å². The van der Waals surface area contributed by atoms with Gasteiger partial charge in [-0.15, -0.1) is 0 Å². The van der Waals surface area contributed by atoms with Gasteiger partial charge in [-0.3, -0.25) is 4.79 Å². The second-order valence-corrected chi connectivity index (χ2v) is 4.85. The summed E-state index contributed by atoms with van der Waals surface area (Å²) in [5.41, 5.74) is -0.0789. The van der Waals surface area contributed by atoms with E-state index in [2.05, 4.69) is 10.3 Å². The van der Waals surface area contributed by atoms with Crippen LogP contribution in [0.4, 0.5) is 14.5 Å². The number of pyridine rings is 1. The Morgan fingerprint density at radius 3 is 2.50 bits per heavy atom. The Morgan fingerprint density at radius 1 is 0.958 bits per heavy atom. The molecule has 1 N–H and O–H groups in total. The molecule has 0 fully saturated rings. The molecule has 0 bridgehead atoms. The Bertz CT molecular complexity index is 870. The number of aromatic nitrogens is 1. The molecule has 6 heteroatoms. The van der Waals surface area contributed by atoms with Crippen LogP contribution in [-0.2, 0) is 0 Å². The Hall–Kier alpha value is -3.28. The van der Waals surface area contributed by atoms with Crippen molar-refractivity contribution in [3.8, 4) is 11.6 Å². The van der Waals surface area contributed by atoms with Crippen LogP contribution >= 0.6 is 0 Å². The van der Waals surface area contributed by atoms with Gasteiger partial charge in [0.2, 0.25) is 5.88 Å². The van der Waals surface area contributed by atoms with Gasteiger partial charge < -0.3 is 10.1 Å². The molecular weight excluding hydrogens is 314 g/mol. The Labute approximate surface area is 136 Å². The van der Waals surface area contributed by atoms with Crippen LogP contribution in [0.15, 0.2) is 66.7 Å². The number of anilines is 1. The van der Waals surface area contributed by atoms with Crippen LogP contribution in [0.2, 0.25) is 0 Å². The van der Waals surface area contributed by atoms with Crippen molar-refractivity contribution in [2.75, 3.05) is 5.32 Å². The highest BCUT2D eigenvalue weighted by Crippen LogP contribution is 2.20. The number of carbonyl (C=O) groups is 1. The first-order valence-electron chi connectivity index (χ1n) is 7.08. The molecule has 120 valence electrons. The van der Waals surface area contributed by atoms with Gasteiger partial charge in [-0.25, -0.2) is 13.8 Å². The largest absolute Gasteiger partial charge is 0.439 e. The lowest BCUT2D eigenvalue weighted by Gasteiger charge is -2.08. The number of nitrogens with zero attached hydrogens (tertiary/aromatic N) is 1. The average Bonchev–Trinajstić information content (AvgIpc) is 2.58. The van der Waals surface area contributed by atoms with E-state index >= 15 is 0 Å². The summed E-state index contributed by atoms with van der Waals surface area (Å²) in [6.07, 6.45) is 0. The third kappa shape index (κ3) is 3.73. The number of rotatable bonds is 4. The molecule has 0 unspecified atom stereocenters. The summed E-state index contributed by atoms with van der Waals surface area (Å²) in [4.78, 5) is 16.2. The van der Waals surface area contributed by atoms with Crippen molar-refractivity contribution in [2.24, 2.45) is 0 Å². The van der Waals surface area contributed by atoms with E-state index in [9.17, 15) is 13.6 Å². The Balaban J connectivity index is 1.77. The summed E-state index contributed by atoms with van der Waals surface area (Å²) in [6, 6.07) is 16.5. The number of ether oxygens (including phenoxy) is 1. The molecule has 1 amide bonds. The lowest BCUT2D eigenvalue weighted by molar-refractivity contribution is 0.102. The zero-order valence-corrected chi connectivity index (χ0v) is 12.4. The third-order valence-corrected chi connectivity index (χ3v) is 3.10. The fraction of sp³-hybridized carbons (Fsp3) is 0. The fourth-order valence-electron chi connectivity index (χ4n) is 1.98. The van der Waals surface area contributed by atoms with Crippen LogP contribution in [0.25, 0.3) is 0 Å². The second kappa shape index (κ2) is 6.87. The quantitative estimate of drug-likeness (QED) is 0.773. The first-order chi connectivity index (χ1) is 11.6. The van der Waals surface area contributed by atoms with Crippen molar-refractivity contribution in [1.29, 1.82) is 0 Å². The number of benzene rings is 2. The summed E-state index contributed by atoms with van der Waals surface area (Å²) >= 11 is 0. The maximum Gasteiger partial charge on any atom is 0.274 e. The molecule has 0 aliphatic carbocycles. The minimum absolute atomic E-state index is 0.0483. The second-order valence-electron chi connectivity index (χ2n) is 4.85. The lowest BCUT2D eigenvalue weighted by atomic mass is 10.2. The van der Waals surface area contributed by atoms with Crippen LogP contribution in [0.3, 0.4) is 0 Å². The topological polar surface area (TPSA) is 51.2 Å². The van der Waals surface area contributed by atoms with Gasteiger partial charge in [0.05, 0.1) is 5.69 Å². The van der Waals surface area contributed by atoms with E-state index in [1.807, 2.05) is 18.2 Å². The summed E-state index contributed by atoms with van der Waals surface area (Å²) in [6.45, 7) is 0. The van der Waals surface area contributed by atoms with E-state index in [-0.39, 0.29) is 17.3 Å². The molecule has 1 aromatic heterocycles. The number of para-hydroxylation sites is 1. The van der Waals surface area contributed by atoms with Crippen molar-refractivity contribution in [1.82, 2.24) is 4.98 Å². The van der Waals surface area contributed by atoms with E-state index in [0.29, 0.717) is 11.8 Å². The average molecular weight is 326 g/mol. The van der Waals surface area contributed by atoms with E-state index in [4.69, 9.17) is 4.74 Å². The highest BCUT2D eigenvalue weighted by molar-refractivity contribution is 6.03. The molecule has 24 heavy (non-hydrogen) atoms. The molecule has 0 saturated heterocycles. The molecule has 0 saturated carbocycles. The molecule has 0 atom stereocenters. The lowest BCUT2D eigenvalue weighted by Crippen LogP contribution is -2.14. The number of hydrogen-bond acceptors (Lipinski definition) is 3. The standard InChI is InChI=1S/C18H12F2N2O2/c19-12-9-10-15(14(20)11-12)22-18(23)16-7-4-8-17(21-16)24-13-5-2-1-3-6-13/h1-11H,(H,22,23). The Morgan fingerprint density at radius 2 is 1.75 bits per heavy atom. The van der Waals surface area contributed by atoms with E-state index in [0.717, 1.165) is 12.1 Å². The molecule has 2 aromatic carbocycles. The van der Waals surface area contributed by atoms with Crippen LogP contribution < -0.4 is 10.1 Å². The predicted octanol–water partition coefficient (Wildman–Crippen LogP) is 4.40. The van der Waals surface area contributed by atoms with Gasteiger partial charge in [0, 0.05) is 12.1 Å². The third-order valence-electron chi connectivity index (χ3n) is 3.10. The molecular formula is C18H12F2N2O2.